The van der Waals surface area contributed by atoms with Crippen LogP contribution in [0.25, 0.3) is 0 Å². The standard InChI is InChI=1S/C30H47N7O4S/c1-3-18-37(19-4-2)42(41)25-13-11-24(12-14-25)34-30(40)27(15-10-23-8-6-5-7-9-23)35-29(39)26(33)22-28(38)36(20-16-31)21-17-32/h5-9,11-14,26-27H,3-4,10,15-22,31-33H2,1-2H3,(H,34,40)(H,35,39). The molecule has 0 aliphatic rings. The maximum Gasteiger partial charge on any atom is 0.246 e. The van der Waals surface area contributed by atoms with Crippen molar-refractivity contribution in [3.63, 3.8) is 0 Å². The van der Waals surface area contributed by atoms with Gasteiger partial charge in [0.15, 0.2) is 0 Å². The van der Waals surface area contributed by atoms with Crippen LogP contribution in [0, 0.1) is 0 Å². The predicted octanol–water partition coefficient (Wildman–Crippen LogP) is 1.35. The molecule has 2 rings (SSSR count). The zero-order valence-electron chi connectivity index (χ0n) is 24.8. The summed E-state index contributed by atoms with van der Waals surface area (Å²) in [6.45, 7) is 6.72. The molecule has 42 heavy (non-hydrogen) atoms. The van der Waals surface area contributed by atoms with Gasteiger partial charge in [-0.1, -0.05) is 44.2 Å². The highest BCUT2D eigenvalue weighted by molar-refractivity contribution is 7.82. The summed E-state index contributed by atoms with van der Waals surface area (Å²) in [4.78, 5) is 41.1. The number of carbonyl (C=O) groups excluding carboxylic acids is 3. The first-order valence-electron chi connectivity index (χ1n) is 14.6. The molecule has 3 atom stereocenters. The van der Waals surface area contributed by atoms with Gasteiger partial charge in [-0.2, -0.15) is 0 Å². The van der Waals surface area contributed by atoms with Crippen LogP contribution in [-0.2, 0) is 31.8 Å². The molecule has 0 fully saturated rings. The predicted molar refractivity (Wildman–Crippen MR) is 168 cm³/mol. The Morgan fingerprint density at radius 3 is 2.00 bits per heavy atom. The average molecular weight is 602 g/mol. The Bertz CT molecular complexity index is 1120. The summed E-state index contributed by atoms with van der Waals surface area (Å²) in [7, 11) is -1.29. The van der Waals surface area contributed by atoms with E-state index in [0.717, 1.165) is 31.5 Å². The topological polar surface area (TPSA) is 177 Å². The Kier molecular flexibility index (Phi) is 15.9. The van der Waals surface area contributed by atoms with E-state index in [4.69, 9.17) is 17.2 Å². The van der Waals surface area contributed by atoms with E-state index in [1.165, 1.54) is 4.90 Å². The molecule has 0 bridgehead atoms. The Morgan fingerprint density at radius 2 is 1.45 bits per heavy atom. The summed E-state index contributed by atoms with van der Waals surface area (Å²) in [5, 5.41) is 5.59. The van der Waals surface area contributed by atoms with Crippen molar-refractivity contribution in [2.45, 2.75) is 62.9 Å². The van der Waals surface area contributed by atoms with Crippen molar-refractivity contribution in [2.75, 3.05) is 44.6 Å². The lowest BCUT2D eigenvalue weighted by molar-refractivity contribution is -0.134. The molecular weight excluding hydrogens is 554 g/mol. The van der Waals surface area contributed by atoms with E-state index in [1.54, 1.807) is 24.3 Å². The van der Waals surface area contributed by atoms with Gasteiger partial charge in [-0.05, 0) is 55.5 Å². The van der Waals surface area contributed by atoms with E-state index in [0.29, 0.717) is 36.5 Å². The largest absolute Gasteiger partial charge is 0.343 e. The number of hydrogen-bond donors (Lipinski definition) is 5. The van der Waals surface area contributed by atoms with Gasteiger partial charge in [0.2, 0.25) is 17.7 Å². The summed E-state index contributed by atoms with van der Waals surface area (Å²) in [5.41, 5.74) is 18.8. The second-order valence-corrected chi connectivity index (χ2v) is 11.5. The molecule has 0 spiro atoms. The molecule has 3 unspecified atom stereocenters. The number of benzene rings is 2. The third kappa shape index (κ3) is 11.6. The van der Waals surface area contributed by atoms with Crippen molar-refractivity contribution in [1.82, 2.24) is 14.5 Å². The fourth-order valence-electron chi connectivity index (χ4n) is 4.40. The number of rotatable bonds is 19. The Morgan fingerprint density at radius 1 is 0.857 bits per heavy atom. The van der Waals surface area contributed by atoms with Gasteiger partial charge in [0.1, 0.15) is 17.0 Å². The third-order valence-electron chi connectivity index (χ3n) is 6.58. The minimum atomic E-state index is -1.29. The first-order valence-corrected chi connectivity index (χ1v) is 15.7. The van der Waals surface area contributed by atoms with Gasteiger partial charge < -0.3 is 32.7 Å². The summed E-state index contributed by atoms with van der Waals surface area (Å²) in [5.74, 6) is -1.35. The second kappa shape index (κ2) is 19.1. The van der Waals surface area contributed by atoms with Gasteiger partial charge >= 0.3 is 0 Å². The van der Waals surface area contributed by atoms with Gasteiger partial charge in [0.25, 0.3) is 0 Å². The smallest absolute Gasteiger partial charge is 0.246 e. The zero-order valence-corrected chi connectivity index (χ0v) is 25.6. The van der Waals surface area contributed by atoms with Crippen molar-refractivity contribution < 1.29 is 18.6 Å². The lowest BCUT2D eigenvalue weighted by atomic mass is 10.0. The minimum Gasteiger partial charge on any atom is -0.343 e. The summed E-state index contributed by atoms with van der Waals surface area (Å²) in [6, 6.07) is 14.4. The van der Waals surface area contributed by atoms with Crippen LogP contribution >= 0.6 is 0 Å². The van der Waals surface area contributed by atoms with Crippen LogP contribution in [0.15, 0.2) is 59.5 Å². The monoisotopic (exact) mass is 601 g/mol. The van der Waals surface area contributed by atoms with E-state index in [9.17, 15) is 18.6 Å². The quantitative estimate of drug-likeness (QED) is 0.161. The average Bonchev–Trinajstić information content (AvgIpc) is 2.99. The lowest BCUT2D eigenvalue weighted by Gasteiger charge is -2.24. The first kappa shape index (κ1) is 35.0. The highest BCUT2D eigenvalue weighted by Gasteiger charge is 2.26. The maximum atomic E-state index is 13.4. The number of nitrogens with two attached hydrogens (primary N) is 3. The second-order valence-electron chi connectivity index (χ2n) is 10.0. The first-order chi connectivity index (χ1) is 20.2. The van der Waals surface area contributed by atoms with E-state index < -0.39 is 34.9 Å². The Hall–Kier alpha value is -3.16. The van der Waals surface area contributed by atoms with Crippen molar-refractivity contribution in [1.29, 1.82) is 0 Å². The highest BCUT2D eigenvalue weighted by Crippen LogP contribution is 2.17. The molecular formula is C30H47N7O4S. The Labute approximate surface area is 252 Å². The molecule has 2 aromatic carbocycles. The summed E-state index contributed by atoms with van der Waals surface area (Å²) < 4.78 is 14.9. The number of hydrogen-bond acceptors (Lipinski definition) is 7. The number of amides is 3. The van der Waals surface area contributed by atoms with Gasteiger partial charge in [-0.3, -0.25) is 14.4 Å². The maximum absolute atomic E-state index is 13.4. The molecule has 11 nitrogen and oxygen atoms in total. The van der Waals surface area contributed by atoms with Gasteiger partial charge in [-0.25, -0.2) is 8.51 Å². The van der Waals surface area contributed by atoms with E-state index in [1.807, 2.05) is 34.6 Å². The van der Waals surface area contributed by atoms with Crippen LogP contribution in [0.1, 0.15) is 45.1 Å². The SMILES string of the molecule is CCCN(CCC)S(=O)c1ccc(NC(=O)C(CCc2ccccc2)NC(=O)C(N)CC(=O)N(CCN)CCN)cc1. The Balaban J connectivity index is 2.12. The van der Waals surface area contributed by atoms with Gasteiger partial charge in [0, 0.05) is 45.0 Å². The van der Waals surface area contributed by atoms with Crippen molar-refractivity contribution >= 4 is 34.4 Å². The number of nitrogens with zero attached hydrogens (tertiary/aromatic N) is 2. The third-order valence-corrected chi connectivity index (χ3v) is 8.09. The number of aryl methyl sites for hydroxylation is 1. The fraction of sp³-hybridized carbons (Fsp3) is 0.500. The van der Waals surface area contributed by atoms with E-state index >= 15 is 0 Å². The highest BCUT2D eigenvalue weighted by atomic mass is 32.2. The molecule has 0 saturated carbocycles. The van der Waals surface area contributed by atoms with Crippen LogP contribution in [0.2, 0.25) is 0 Å². The summed E-state index contributed by atoms with van der Waals surface area (Å²) in [6.07, 6.45) is 2.42. The molecule has 0 radical (unpaired) electrons. The molecule has 0 saturated heterocycles. The van der Waals surface area contributed by atoms with Crippen molar-refractivity contribution in [3.8, 4) is 0 Å². The van der Waals surface area contributed by atoms with E-state index in [2.05, 4.69) is 24.5 Å². The number of carbonyl (C=O) groups is 3. The minimum absolute atomic E-state index is 0.232. The molecule has 232 valence electrons. The number of nitrogens with one attached hydrogen (secondary N) is 2. The lowest BCUT2D eigenvalue weighted by Crippen LogP contribution is -2.52. The molecule has 0 aromatic heterocycles. The normalized spacial score (nSPS) is 13.3. The van der Waals surface area contributed by atoms with Gasteiger partial charge in [0.05, 0.1) is 17.4 Å². The molecule has 0 aliphatic heterocycles. The molecule has 3 amide bonds. The molecule has 2 aromatic rings. The van der Waals surface area contributed by atoms with Crippen LogP contribution in [0.5, 0.6) is 0 Å². The van der Waals surface area contributed by atoms with Crippen LogP contribution in [-0.4, -0.2) is 82.5 Å². The molecule has 0 heterocycles. The van der Waals surface area contributed by atoms with Crippen LogP contribution in [0.3, 0.4) is 0 Å². The fourth-order valence-corrected chi connectivity index (χ4v) is 5.76. The van der Waals surface area contributed by atoms with Crippen molar-refractivity contribution in [3.05, 3.63) is 60.2 Å². The molecule has 12 heteroatoms. The van der Waals surface area contributed by atoms with Crippen LogP contribution in [0.4, 0.5) is 5.69 Å². The van der Waals surface area contributed by atoms with Gasteiger partial charge in [-0.15, -0.1) is 0 Å². The molecule has 8 N–H and O–H groups in total. The van der Waals surface area contributed by atoms with Crippen molar-refractivity contribution in [2.24, 2.45) is 17.2 Å². The van der Waals surface area contributed by atoms with E-state index in [-0.39, 0.29) is 25.4 Å². The molecule has 0 aliphatic carbocycles. The zero-order chi connectivity index (χ0) is 30.9. The summed E-state index contributed by atoms with van der Waals surface area (Å²) >= 11 is 0. The number of anilines is 1. The van der Waals surface area contributed by atoms with Crippen LogP contribution < -0.4 is 27.8 Å².